The summed E-state index contributed by atoms with van der Waals surface area (Å²) in [6.45, 7) is 0. The van der Waals surface area contributed by atoms with E-state index in [1.165, 1.54) is 0 Å². The molecule has 1 aromatic carbocycles. The van der Waals surface area contributed by atoms with E-state index >= 15 is 0 Å². The molecule has 4 aromatic rings. The largest absolute Gasteiger partial charge is 0.361 e. The van der Waals surface area contributed by atoms with Gasteiger partial charge >= 0.3 is 0 Å². The minimum absolute atomic E-state index is 0.837. The van der Waals surface area contributed by atoms with Crippen molar-refractivity contribution in [2.45, 2.75) is 0 Å². The van der Waals surface area contributed by atoms with Crippen LogP contribution in [-0.2, 0) is 0 Å². The van der Waals surface area contributed by atoms with Crippen LogP contribution in [0.15, 0.2) is 42.2 Å². The summed E-state index contributed by atoms with van der Waals surface area (Å²) in [5, 5.41) is 15.5. The van der Waals surface area contributed by atoms with Crippen LogP contribution in [0.2, 0.25) is 0 Å². The normalized spacial score (nSPS) is 11.0. The summed E-state index contributed by atoms with van der Waals surface area (Å²) < 4.78 is 1.11. The maximum absolute atomic E-state index is 4.53. The molecule has 23 heavy (non-hydrogen) atoms. The minimum atomic E-state index is 0.837. The SMILES string of the molecule is CN(C)c1ccc(-c2ccc(-c3cn[nH]c3)c3ncsc23)nn1. The monoisotopic (exact) mass is 322 g/mol. The van der Waals surface area contributed by atoms with Gasteiger partial charge in [-0.25, -0.2) is 4.98 Å². The number of hydrogen-bond donors (Lipinski definition) is 1. The number of H-pyrrole nitrogens is 1. The second kappa shape index (κ2) is 5.44. The van der Waals surface area contributed by atoms with Gasteiger partial charge < -0.3 is 4.90 Å². The number of fused-ring (bicyclic) bond motifs is 1. The Morgan fingerprint density at radius 3 is 2.61 bits per heavy atom. The van der Waals surface area contributed by atoms with E-state index in [0.29, 0.717) is 0 Å². The summed E-state index contributed by atoms with van der Waals surface area (Å²) in [5.41, 5.74) is 6.82. The topological polar surface area (TPSA) is 70.6 Å². The van der Waals surface area contributed by atoms with Gasteiger partial charge in [0.05, 0.1) is 27.6 Å². The lowest BCUT2D eigenvalue weighted by molar-refractivity contribution is 0.969. The highest BCUT2D eigenvalue weighted by Crippen LogP contribution is 2.36. The fourth-order valence-electron chi connectivity index (χ4n) is 2.49. The third-order valence-corrected chi connectivity index (χ3v) is 4.54. The average molecular weight is 322 g/mol. The fraction of sp³-hybridized carbons (Fsp3) is 0.125. The van der Waals surface area contributed by atoms with Crippen molar-refractivity contribution in [1.82, 2.24) is 25.4 Å². The molecule has 4 rings (SSSR count). The molecule has 0 amide bonds. The molecule has 0 aliphatic heterocycles. The Morgan fingerprint density at radius 1 is 1.04 bits per heavy atom. The van der Waals surface area contributed by atoms with Gasteiger partial charge in [-0.3, -0.25) is 5.10 Å². The van der Waals surface area contributed by atoms with Crippen molar-refractivity contribution in [2.75, 3.05) is 19.0 Å². The lowest BCUT2D eigenvalue weighted by Gasteiger charge is -2.10. The average Bonchev–Trinajstić information content (AvgIpc) is 3.25. The Labute approximate surface area is 136 Å². The maximum Gasteiger partial charge on any atom is 0.150 e. The van der Waals surface area contributed by atoms with E-state index in [2.05, 4.69) is 37.5 Å². The predicted molar refractivity (Wildman–Crippen MR) is 92.6 cm³/mol. The van der Waals surface area contributed by atoms with E-state index in [1.807, 2.05) is 42.8 Å². The second-order valence-electron chi connectivity index (χ2n) is 5.35. The van der Waals surface area contributed by atoms with Gasteiger partial charge in [-0.1, -0.05) is 12.1 Å². The zero-order valence-electron chi connectivity index (χ0n) is 12.7. The van der Waals surface area contributed by atoms with Crippen molar-refractivity contribution in [1.29, 1.82) is 0 Å². The van der Waals surface area contributed by atoms with Crippen molar-refractivity contribution in [2.24, 2.45) is 0 Å². The molecular formula is C16H14N6S. The molecule has 0 spiro atoms. The van der Waals surface area contributed by atoms with Gasteiger partial charge in [0.15, 0.2) is 5.82 Å². The number of aromatic nitrogens is 5. The molecule has 0 aliphatic rings. The molecule has 0 saturated heterocycles. The van der Waals surface area contributed by atoms with E-state index < -0.39 is 0 Å². The Balaban J connectivity index is 1.86. The first-order valence-corrected chi connectivity index (χ1v) is 7.99. The Kier molecular flexibility index (Phi) is 3.27. The van der Waals surface area contributed by atoms with E-state index in [0.717, 1.165) is 38.4 Å². The van der Waals surface area contributed by atoms with Crippen LogP contribution in [0, 0.1) is 0 Å². The van der Waals surface area contributed by atoms with E-state index in [9.17, 15) is 0 Å². The van der Waals surface area contributed by atoms with Crippen molar-refractivity contribution in [3.63, 3.8) is 0 Å². The molecule has 0 fully saturated rings. The summed E-state index contributed by atoms with van der Waals surface area (Å²) in [4.78, 5) is 6.46. The number of nitrogens with one attached hydrogen (secondary N) is 1. The highest BCUT2D eigenvalue weighted by Gasteiger charge is 2.13. The number of aromatic amines is 1. The van der Waals surface area contributed by atoms with Gasteiger partial charge in [0.1, 0.15) is 0 Å². The number of hydrogen-bond acceptors (Lipinski definition) is 6. The molecule has 114 valence electrons. The predicted octanol–water partition coefficient (Wildman–Crippen LogP) is 3.21. The van der Waals surface area contributed by atoms with Gasteiger partial charge in [-0.05, 0) is 12.1 Å². The van der Waals surface area contributed by atoms with E-state index in [-0.39, 0.29) is 0 Å². The van der Waals surface area contributed by atoms with Crippen molar-refractivity contribution in [3.8, 4) is 22.4 Å². The van der Waals surface area contributed by atoms with Crippen LogP contribution in [0.3, 0.4) is 0 Å². The highest BCUT2D eigenvalue weighted by molar-refractivity contribution is 7.17. The summed E-state index contributed by atoms with van der Waals surface area (Å²) in [6.07, 6.45) is 3.68. The van der Waals surface area contributed by atoms with Gasteiger partial charge in [0.2, 0.25) is 0 Å². The third-order valence-electron chi connectivity index (χ3n) is 3.68. The minimum Gasteiger partial charge on any atom is -0.361 e. The van der Waals surface area contributed by atoms with Crippen molar-refractivity contribution < 1.29 is 0 Å². The van der Waals surface area contributed by atoms with Crippen LogP contribution < -0.4 is 4.90 Å². The van der Waals surface area contributed by atoms with E-state index in [4.69, 9.17) is 0 Å². The van der Waals surface area contributed by atoms with E-state index in [1.54, 1.807) is 17.5 Å². The van der Waals surface area contributed by atoms with Crippen LogP contribution in [0.4, 0.5) is 5.82 Å². The zero-order valence-corrected chi connectivity index (χ0v) is 13.5. The van der Waals surface area contributed by atoms with Crippen LogP contribution in [0.1, 0.15) is 0 Å². The molecule has 0 saturated carbocycles. The second-order valence-corrected chi connectivity index (χ2v) is 6.20. The Morgan fingerprint density at radius 2 is 1.91 bits per heavy atom. The van der Waals surface area contributed by atoms with Gasteiger partial charge in [-0.15, -0.1) is 21.5 Å². The Hall–Kier alpha value is -2.80. The lowest BCUT2D eigenvalue weighted by atomic mass is 10.0. The third kappa shape index (κ3) is 2.35. The summed E-state index contributed by atoms with van der Waals surface area (Å²) >= 11 is 1.61. The molecule has 1 N–H and O–H groups in total. The molecule has 0 bridgehead atoms. The first-order valence-electron chi connectivity index (χ1n) is 7.11. The number of anilines is 1. The van der Waals surface area contributed by atoms with Gasteiger partial charge in [0, 0.05) is 37.0 Å². The lowest BCUT2D eigenvalue weighted by Crippen LogP contribution is -2.11. The molecule has 0 atom stereocenters. The van der Waals surface area contributed by atoms with Gasteiger partial charge in [0.25, 0.3) is 0 Å². The fourth-order valence-corrected chi connectivity index (χ4v) is 3.33. The molecular weight excluding hydrogens is 308 g/mol. The first kappa shape index (κ1) is 13.8. The quantitative estimate of drug-likeness (QED) is 0.627. The van der Waals surface area contributed by atoms with Crippen molar-refractivity contribution in [3.05, 3.63) is 42.2 Å². The molecule has 0 radical (unpaired) electrons. The summed E-state index contributed by atoms with van der Waals surface area (Å²) in [6, 6.07) is 8.10. The summed E-state index contributed by atoms with van der Waals surface area (Å²) in [7, 11) is 3.90. The van der Waals surface area contributed by atoms with Gasteiger partial charge in [-0.2, -0.15) is 5.10 Å². The first-order chi connectivity index (χ1) is 11.2. The van der Waals surface area contributed by atoms with Crippen molar-refractivity contribution >= 4 is 27.4 Å². The van der Waals surface area contributed by atoms with Crippen LogP contribution in [-0.4, -0.2) is 39.5 Å². The number of rotatable bonds is 3. The molecule has 3 heterocycles. The maximum atomic E-state index is 4.53. The molecule has 0 aliphatic carbocycles. The van der Waals surface area contributed by atoms with Crippen LogP contribution >= 0.6 is 11.3 Å². The number of benzene rings is 1. The van der Waals surface area contributed by atoms with Crippen LogP contribution in [0.25, 0.3) is 32.6 Å². The highest BCUT2D eigenvalue weighted by atomic mass is 32.1. The van der Waals surface area contributed by atoms with Crippen LogP contribution in [0.5, 0.6) is 0 Å². The Bertz CT molecular complexity index is 941. The smallest absolute Gasteiger partial charge is 0.150 e. The standard InChI is InChI=1S/C16H14N6S/c1-22(2)14-6-5-13(20-21-14)12-4-3-11(10-7-18-19-8-10)15-16(12)23-9-17-15/h3-9H,1-2H3,(H,18,19). The zero-order chi connectivity index (χ0) is 15.8. The number of nitrogens with zero attached hydrogens (tertiary/aromatic N) is 5. The molecule has 7 heteroatoms. The summed E-state index contributed by atoms with van der Waals surface area (Å²) in [5.74, 6) is 0.837. The molecule has 0 unspecified atom stereocenters. The number of thiazole rings is 1. The molecule has 3 aromatic heterocycles. The molecule has 6 nitrogen and oxygen atoms in total.